The lowest BCUT2D eigenvalue weighted by molar-refractivity contribution is 0.108. The SMILES string of the molecule is Cc1cc(/C(N)=N/O)nc(OC2CCC2)n1. The number of rotatable bonds is 3. The van der Waals surface area contributed by atoms with Crippen LogP contribution in [0, 0.1) is 6.92 Å². The van der Waals surface area contributed by atoms with Gasteiger partial charge in [-0.15, -0.1) is 0 Å². The molecule has 1 aliphatic carbocycles. The Morgan fingerprint density at radius 1 is 1.56 bits per heavy atom. The second kappa shape index (κ2) is 4.34. The molecule has 1 saturated carbocycles. The molecule has 0 unspecified atom stereocenters. The van der Waals surface area contributed by atoms with Gasteiger partial charge in [-0.1, -0.05) is 5.16 Å². The number of hydrogen-bond donors (Lipinski definition) is 2. The van der Waals surface area contributed by atoms with Gasteiger partial charge in [0.1, 0.15) is 11.8 Å². The average molecular weight is 222 g/mol. The second-order valence-electron chi connectivity index (χ2n) is 3.83. The standard InChI is InChI=1S/C10H14N4O2/c1-6-5-8(9(11)14-15)13-10(12-6)16-7-3-2-4-7/h5,7,15H,2-4H2,1H3,(H2,11,14). The van der Waals surface area contributed by atoms with Crippen molar-refractivity contribution in [1.29, 1.82) is 0 Å². The fraction of sp³-hybridized carbons (Fsp3) is 0.500. The monoisotopic (exact) mass is 222 g/mol. The smallest absolute Gasteiger partial charge is 0.317 e. The van der Waals surface area contributed by atoms with Crippen molar-refractivity contribution in [3.05, 3.63) is 17.5 Å². The average Bonchev–Trinajstić information content (AvgIpc) is 2.21. The maximum atomic E-state index is 8.57. The van der Waals surface area contributed by atoms with Crippen molar-refractivity contribution >= 4 is 5.84 Å². The van der Waals surface area contributed by atoms with E-state index >= 15 is 0 Å². The van der Waals surface area contributed by atoms with E-state index in [4.69, 9.17) is 15.7 Å². The summed E-state index contributed by atoms with van der Waals surface area (Å²) in [5, 5.41) is 11.5. The summed E-state index contributed by atoms with van der Waals surface area (Å²) in [7, 11) is 0. The Hall–Kier alpha value is -1.85. The number of hydrogen-bond acceptors (Lipinski definition) is 5. The van der Waals surface area contributed by atoms with E-state index in [0.717, 1.165) is 18.5 Å². The Bertz CT molecular complexity index is 415. The van der Waals surface area contributed by atoms with Crippen LogP contribution in [0.5, 0.6) is 6.01 Å². The highest BCUT2D eigenvalue weighted by molar-refractivity contribution is 5.95. The van der Waals surface area contributed by atoms with E-state index in [-0.39, 0.29) is 11.9 Å². The predicted molar refractivity (Wildman–Crippen MR) is 57.5 cm³/mol. The van der Waals surface area contributed by atoms with E-state index in [1.165, 1.54) is 6.42 Å². The zero-order chi connectivity index (χ0) is 11.5. The third-order valence-electron chi connectivity index (χ3n) is 2.53. The Balaban J connectivity index is 2.20. The summed E-state index contributed by atoms with van der Waals surface area (Å²) in [5.74, 6) is -0.0380. The van der Waals surface area contributed by atoms with Crippen molar-refractivity contribution < 1.29 is 9.94 Å². The lowest BCUT2D eigenvalue weighted by atomic mass is 9.96. The number of oxime groups is 1. The summed E-state index contributed by atoms with van der Waals surface area (Å²) >= 11 is 0. The normalized spacial score (nSPS) is 16.9. The highest BCUT2D eigenvalue weighted by Crippen LogP contribution is 2.23. The molecule has 0 bridgehead atoms. The van der Waals surface area contributed by atoms with Crippen LogP contribution < -0.4 is 10.5 Å². The number of aromatic nitrogens is 2. The van der Waals surface area contributed by atoms with Crippen LogP contribution >= 0.6 is 0 Å². The molecular weight excluding hydrogens is 208 g/mol. The second-order valence-corrected chi connectivity index (χ2v) is 3.83. The first kappa shape index (κ1) is 10.7. The highest BCUT2D eigenvalue weighted by atomic mass is 16.5. The number of aryl methyl sites for hydroxylation is 1. The quantitative estimate of drug-likeness (QED) is 0.341. The van der Waals surface area contributed by atoms with Gasteiger partial charge >= 0.3 is 6.01 Å². The van der Waals surface area contributed by atoms with Crippen LogP contribution in [0.15, 0.2) is 11.2 Å². The van der Waals surface area contributed by atoms with Crippen molar-refractivity contribution in [3.63, 3.8) is 0 Å². The first-order chi connectivity index (χ1) is 7.69. The summed E-state index contributed by atoms with van der Waals surface area (Å²) in [6.07, 6.45) is 3.47. The van der Waals surface area contributed by atoms with Crippen LogP contribution in [0.1, 0.15) is 30.7 Å². The van der Waals surface area contributed by atoms with Crippen molar-refractivity contribution in [2.45, 2.75) is 32.3 Å². The molecule has 0 amide bonds. The van der Waals surface area contributed by atoms with Gasteiger partial charge in [0.25, 0.3) is 0 Å². The van der Waals surface area contributed by atoms with E-state index in [0.29, 0.717) is 11.7 Å². The zero-order valence-electron chi connectivity index (χ0n) is 9.05. The number of nitrogens with two attached hydrogens (primary N) is 1. The molecular formula is C10H14N4O2. The van der Waals surface area contributed by atoms with Gasteiger partial charge in [0, 0.05) is 5.69 Å². The first-order valence-electron chi connectivity index (χ1n) is 5.19. The van der Waals surface area contributed by atoms with Crippen LogP contribution in [0.4, 0.5) is 0 Å². The Kier molecular flexibility index (Phi) is 2.89. The van der Waals surface area contributed by atoms with Gasteiger partial charge in [-0.25, -0.2) is 4.98 Å². The molecule has 0 aromatic carbocycles. The predicted octanol–water partition coefficient (Wildman–Crippen LogP) is 0.811. The van der Waals surface area contributed by atoms with Crippen molar-refractivity contribution in [2.75, 3.05) is 0 Å². The minimum Gasteiger partial charge on any atom is -0.460 e. The van der Waals surface area contributed by atoms with E-state index in [1.807, 2.05) is 6.92 Å². The highest BCUT2D eigenvalue weighted by Gasteiger charge is 2.20. The Morgan fingerprint density at radius 2 is 2.31 bits per heavy atom. The van der Waals surface area contributed by atoms with E-state index in [1.54, 1.807) is 6.07 Å². The summed E-state index contributed by atoms with van der Waals surface area (Å²) < 4.78 is 5.55. The minimum atomic E-state index is -0.0380. The van der Waals surface area contributed by atoms with Crippen LogP contribution in [-0.4, -0.2) is 27.1 Å². The maximum absolute atomic E-state index is 8.57. The molecule has 6 nitrogen and oxygen atoms in total. The molecule has 0 radical (unpaired) electrons. The van der Waals surface area contributed by atoms with Crippen LogP contribution in [0.25, 0.3) is 0 Å². The van der Waals surface area contributed by atoms with Crippen molar-refractivity contribution in [3.8, 4) is 6.01 Å². The Morgan fingerprint density at radius 3 is 2.88 bits per heavy atom. The van der Waals surface area contributed by atoms with Gasteiger partial charge in [0.2, 0.25) is 0 Å². The Labute approximate surface area is 93.2 Å². The zero-order valence-corrected chi connectivity index (χ0v) is 9.05. The fourth-order valence-corrected chi connectivity index (χ4v) is 1.41. The van der Waals surface area contributed by atoms with Gasteiger partial charge < -0.3 is 15.7 Å². The van der Waals surface area contributed by atoms with E-state index in [2.05, 4.69) is 15.1 Å². The number of nitrogens with zero attached hydrogens (tertiary/aromatic N) is 3. The molecule has 0 atom stereocenters. The lowest BCUT2D eigenvalue weighted by Gasteiger charge is -2.25. The molecule has 1 fully saturated rings. The van der Waals surface area contributed by atoms with E-state index in [9.17, 15) is 0 Å². The van der Waals surface area contributed by atoms with E-state index < -0.39 is 0 Å². The summed E-state index contributed by atoms with van der Waals surface area (Å²) in [6.45, 7) is 1.81. The van der Waals surface area contributed by atoms with Crippen molar-refractivity contribution in [2.24, 2.45) is 10.9 Å². The summed E-state index contributed by atoms with van der Waals surface area (Å²) in [6, 6.07) is 1.94. The summed E-state index contributed by atoms with van der Waals surface area (Å²) in [4.78, 5) is 8.22. The molecule has 16 heavy (non-hydrogen) atoms. The van der Waals surface area contributed by atoms with Gasteiger partial charge in [-0.2, -0.15) is 4.98 Å². The summed E-state index contributed by atoms with van der Waals surface area (Å²) in [5.41, 5.74) is 6.57. The molecule has 3 N–H and O–H groups in total. The van der Waals surface area contributed by atoms with Gasteiger partial charge in [-0.05, 0) is 32.3 Å². The minimum absolute atomic E-state index is 0.0380. The third kappa shape index (κ3) is 2.21. The lowest BCUT2D eigenvalue weighted by Crippen LogP contribution is -2.26. The molecule has 6 heteroatoms. The molecule has 0 saturated heterocycles. The third-order valence-corrected chi connectivity index (χ3v) is 2.53. The van der Waals surface area contributed by atoms with Crippen LogP contribution in [-0.2, 0) is 0 Å². The fourth-order valence-electron chi connectivity index (χ4n) is 1.41. The number of ether oxygens (including phenoxy) is 1. The number of amidine groups is 1. The largest absolute Gasteiger partial charge is 0.460 e. The molecule has 86 valence electrons. The molecule has 1 heterocycles. The van der Waals surface area contributed by atoms with Gasteiger partial charge in [-0.3, -0.25) is 0 Å². The molecule has 0 spiro atoms. The topological polar surface area (TPSA) is 93.6 Å². The van der Waals surface area contributed by atoms with Gasteiger partial charge in [0.15, 0.2) is 5.84 Å². The first-order valence-corrected chi connectivity index (χ1v) is 5.19. The molecule has 1 aliphatic rings. The molecule has 1 aromatic rings. The molecule has 1 aromatic heterocycles. The van der Waals surface area contributed by atoms with Crippen molar-refractivity contribution in [1.82, 2.24) is 9.97 Å². The van der Waals surface area contributed by atoms with Crippen LogP contribution in [0.2, 0.25) is 0 Å². The van der Waals surface area contributed by atoms with Crippen LogP contribution in [0.3, 0.4) is 0 Å². The van der Waals surface area contributed by atoms with Gasteiger partial charge in [0.05, 0.1) is 0 Å². The maximum Gasteiger partial charge on any atom is 0.317 e. The molecule has 2 rings (SSSR count). The molecule has 0 aliphatic heterocycles.